The molecule has 3 heterocycles. The highest BCUT2D eigenvalue weighted by Gasteiger charge is 2.46. The Morgan fingerprint density at radius 2 is 1.91 bits per heavy atom. The van der Waals surface area contributed by atoms with Crippen LogP contribution >= 0.6 is 11.6 Å². The first-order valence-corrected chi connectivity index (χ1v) is 11.9. The van der Waals surface area contributed by atoms with Gasteiger partial charge in [-0.2, -0.15) is 0 Å². The predicted octanol–water partition coefficient (Wildman–Crippen LogP) is 3.42. The number of hydrogen-bond acceptors (Lipinski definition) is 6. The van der Waals surface area contributed by atoms with Crippen molar-refractivity contribution in [3.63, 3.8) is 0 Å². The van der Waals surface area contributed by atoms with Crippen molar-refractivity contribution >= 4 is 29.1 Å². The van der Waals surface area contributed by atoms with Crippen molar-refractivity contribution < 1.29 is 24.2 Å². The average Bonchev–Trinajstić information content (AvgIpc) is 3.33. The van der Waals surface area contributed by atoms with Crippen LogP contribution in [-0.2, 0) is 20.7 Å². The summed E-state index contributed by atoms with van der Waals surface area (Å²) >= 11 is 6.26. The van der Waals surface area contributed by atoms with Gasteiger partial charge in [-0.05, 0) is 48.4 Å². The summed E-state index contributed by atoms with van der Waals surface area (Å²) in [5.74, 6) is -0.701. The average molecular weight is 483 g/mol. The van der Waals surface area contributed by atoms with Crippen molar-refractivity contribution in [1.82, 2.24) is 9.80 Å². The number of rotatable bonds is 5. The number of Topliss-reactive ketones (excluding diaryl/α,β-unsaturated/α-hetero) is 1. The molecule has 34 heavy (non-hydrogen) atoms. The van der Waals surface area contributed by atoms with E-state index in [0.717, 1.165) is 30.8 Å². The Bertz CT molecular complexity index is 1160. The van der Waals surface area contributed by atoms with Crippen molar-refractivity contribution in [3.05, 3.63) is 69.8 Å². The van der Waals surface area contributed by atoms with E-state index < -0.39 is 17.7 Å². The van der Waals surface area contributed by atoms with Gasteiger partial charge in [0.25, 0.3) is 11.7 Å². The Labute approximate surface area is 203 Å². The number of morpholine rings is 1. The standard InChI is InChI=1S/C26H27ClN2O5/c1-16-13-19-14-18(5-6-21(19)34-16)24(30)22-23(17-3-2-4-20(27)15-17)29(26(32)25(22)31)8-7-28-9-11-33-12-10-28/h2-6,14-16,23,30H,7-13H2,1H3/t16-,23-/m1/s1. The molecule has 0 unspecified atom stereocenters. The normalized spacial score (nSPS) is 24.4. The molecule has 0 spiro atoms. The third-order valence-electron chi connectivity index (χ3n) is 6.63. The minimum atomic E-state index is -0.719. The van der Waals surface area contributed by atoms with Gasteiger partial charge in [-0.3, -0.25) is 14.5 Å². The molecule has 2 saturated heterocycles. The number of nitrogens with zero attached hydrogens (tertiary/aromatic N) is 2. The summed E-state index contributed by atoms with van der Waals surface area (Å²) < 4.78 is 11.2. The molecule has 3 aliphatic rings. The third kappa shape index (κ3) is 4.31. The molecule has 2 aromatic rings. The molecule has 0 aliphatic carbocycles. The number of halogens is 1. The molecule has 3 aliphatic heterocycles. The number of likely N-dealkylation sites (tertiary alicyclic amines) is 1. The van der Waals surface area contributed by atoms with Crippen LogP contribution in [0.3, 0.4) is 0 Å². The zero-order chi connectivity index (χ0) is 23.8. The summed E-state index contributed by atoms with van der Waals surface area (Å²) in [6.07, 6.45) is 0.784. The molecule has 8 heteroatoms. The highest BCUT2D eigenvalue weighted by atomic mass is 35.5. The Balaban J connectivity index is 1.53. The summed E-state index contributed by atoms with van der Waals surface area (Å²) in [6, 6.07) is 11.7. The van der Waals surface area contributed by atoms with Crippen molar-refractivity contribution in [2.24, 2.45) is 0 Å². The summed E-state index contributed by atoms with van der Waals surface area (Å²) in [5.41, 5.74) is 2.24. The van der Waals surface area contributed by atoms with Crippen LogP contribution in [0.5, 0.6) is 5.75 Å². The molecule has 0 aromatic heterocycles. The first-order chi connectivity index (χ1) is 16.4. The van der Waals surface area contributed by atoms with Gasteiger partial charge in [-0.15, -0.1) is 0 Å². The van der Waals surface area contributed by atoms with Crippen molar-refractivity contribution in [3.8, 4) is 5.75 Å². The van der Waals surface area contributed by atoms with Gasteiger partial charge in [-0.25, -0.2) is 0 Å². The Morgan fingerprint density at radius 1 is 1.12 bits per heavy atom. The molecule has 5 rings (SSSR count). The van der Waals surface area contributed by atoms with Crippen LogP contribution < -0.4 is 4.74 Å². The fourth-order valence-corrected chi connectivity index (χ4v) is 5.13. The Kier molecular flexibility index (Phi) is 6.34. The second kappa shape index (κ2) is 9.41. The summed E-state index contributed by atoms with van der Waals surface area (Å²) in [4.78, 5) is 30.2. The van der Waals surface area contributed by atoms with E-state index in [4.69, 9.17) is 21.1 Å². The molecule has 2 fully saturated rings. The van der Waals surface area contributed by atoms with E-state index in [-0.39, 0.29) is 17.4 Å². The van der Waals surface area contributed by atoms with E-state index in [1.165, 1.54) is 0 Å². The highest BCUT2D eigenvalue weighted by molar-refractivity contribution is 6.46. The topological polar surface area (TPSA) is 79.3 Å². The first kappa shape index (κ1) is 22.9. The number of aliphatic hydroxyl groups excluding tert-OH is 1. The van der Waals surface area contributed by atoms with Crippen molar-refractivity contribution in [1.29, 1.82) is 0 Å². The first-order valence-electron chi connectivity index (χ1n) is 11.6. The van der Waals surface area contributed by atoms with Gasteiger partial charge in [-0.1, -0.05) is 23.7 Å². The monoisotopic (exact) mass is 482 g/mol. The molecular weight excluding hydrogens is 456 g/mol. The van der Waals surface area contributed by atoms with Gasteiger partial charge in [0, 0.05) is 43.2 Å². The number of ether oxygens (including phenoxy) is 2. The van der Waals surface area contributed by atoms with Gasteiger partial charge < -0.3 is 19.5 Å². The lowest BCUT2D eigenvalue weighted by Gasteiger charge is -2.31. The zero-order valence-electron chi connectivity index (χ0n) is 19.0. The maximum atomic E-state index is 13.2. The van der Waals surface area contributed by atoms with Crippen LogP contribution in [0.2, 0.25) is 5.02 Å². The van der Waals surface area contributed by atoms with Crippen molar-refractivity contribution in [2.45, 2.75) is 25.5 Å². The van der Waals surface area contributed by atoms with Gasteiger partial charge in [0.2, 0.25) is 0 Å². The number of ketones is 1. The summed E-state index contributed by atoms with van der Waals surface area (Å²) in [7, 11) is 0. The highest BCUT2D eigenvalue weighted by Crippen LogP contribution is 2.41. The Morgan fingerprint density at radius 3 is 2.68 bits per heavy atom. The molecule has 178 valence electrons. The molecule has 1 amide bonds. The minimum absolute atomic E-state index is 0.0598. The summed E-state index contributed by atoms with van der Waals surface area (Å²) in [5, 5.41) is 11.8. The summed E-state index contributed by atoms with van der Waals surface area (Å²) in [6.45, 7) is 5.81. The van der Waals surface area contributed by atoms with E-state index in [1.54, 1.807) is 35.2 Å². The Hall–Kier alpha value is -2.87. The van der Waals surface area contributed by atoms with Crippen LogP contribution in [0, 0.1) is 0 Å². The quantitative estimate of drug-likeness (QED) is 0.399. The minimum Gasteiger partial charge on any atom is -0.507 e. The van der Waals surface area contributed by atoms with Crippen LogP contribution in [-0.4, -0.2) is 72.1 Å². The maximum absolute atomic E-state index is 13.2. The number of amides is 1. The molecule has 1 N–H and O–H groups in total. The van der Waals surface area contributed by atoms with Gasteiger partial charge >= 0.3 is 0 Å². The second-order valence-corrected chi connectivity index (χ2v) is 9.39. The van der Waals surface area contributed by atoms with Crippen LogP contribution in [0.4, 0.5) is 0 Å². The second-order valence-electron chi connectivity index (χ2n) is 8.96. The van der Waals surface area contributed by atoms with Gasteiger partial charge in [0.15, 0.2) is 0 Å². The lowest BCUT2D eigenvalue weighted by atomic mass is 9.94. The molecular formula is C26H27ClN2O5. The SMILES string of the molecule is C[C@@H]1Cc2cc(C(O)=C3C(=O)C(=O)N(CCN4CCOCC4)[C@@H]3c3cccc(Cl)c3)ccc2O1. The van der Waals surface area contributed by atoms with Crippen LogP contribution in [0.1, 0.15) is 29.7 Å². The number of hydrogen-bond donors (Lipinski definition) is 1. The largest absolute Gasteiger partial charge is 0.507 e. The van der Waals surface area contributed by atoms with E-state index in [1.807, 2.05) is 19.1 Å². The van der Waals surface area contributed by atoms with E-state index >= 15 is 0 Å². The van der Waals surface area contributed by atoms with E-state index in [0.29, 0.717) is 42.5 Å². The number of carbonyl (C=O) groups is 2. The van der Waals surface area contributed by atoms with Crippen LogP contribution in [0.25, 0.3) is 5.76 Å². The zero-order valence-corrected chi connectivity index (χ0v) is 19.8. The fourth-order valence-electron chi connectivity index (χ4n) is 4.93. The van der Waals surface area contributed by atoms with Crippen molar-refractivity contribution in [2.75, 3.05) is 39.4 Å². The number of benzene rings is 2. The predicted molar refractivity (Wildman–Crippen MR) is 128 cm³/mol. The fraction of sp³-hybridized carbons (Fsp3) is 0.385. The smallest absolute Gasteiger partial charge is 0.295 e. The van der Waals surface area contributed by atoms with E-state index in [9.17, 15) is 14.7 Å². The number of fused-ring (bicyclic) bond motifs is 1. The molecule has 0 radical (unpaired) electrons. The molecule has 2 atom stereocenters. The molecule has 0 saturated carbocycles. The maximum Gasteiger partial charge on any atom is 0.295 e. The van der Waals surface area contributed by atoms with Gasteiger partial charge in [0.05, 0.1) is 24.8 Å². The van der Waals surface area contributed by atoms with Crippen LogP contribution in [0.15, 0.2) is 48.0 Å². The van der Waals surface area contributed by atoms with E-state index in [2.05, 4.69) is 4.90 Å². The molecule has 0 bridgehead atoms. The molecule has 7 nitrogen and oxygen atoms in total. The lowest BCUT2D eigenvalue weighted by Crippen LogP contribution is -2.42. The lowest BCUT2D eigenvalue weighted by molar-refractivity contribution is -0.140. The third-order valence-corrected chi connectivity index (χ3v) is 6.87. The molecule has 2 aromatic carbocycles. The number of carbonyl (C=O) groups excluding carboxylic acids is 2. The number of aliphatic hydroxyl groups is 1. The van der Waals surface area contributed by atoms with Gasteiger partial charge in [0.1, 0.15) is 17.6 Å².